The molecule has 0 spiro atoms. The van der Waals surface area contributed by atoms with Crippen LogP contribution in [0.25, 0.3) is 0 Å². The summed E-state index contributed by atoms with van der Waals surface area (Å²) >= 11 is 1.50. The molecule has 1 fully saturated rings. The van der Waals surface area contributed by atoms with Crippen LogP contribution in [0.3, 0.4) is 0 Å². The minimum atomic E-state index is -0.880. The van der Waals surface area contributed by atoms with Crippen LogP contribution in [0.2, 0.25) is 0 Å². The molecule has 4 rings (SSSR count). The molecule has 0 radical (unpaired) electrons. The Morgan fingerprint density at radius 1 is 1.00 bits per heavy atom. The van der Waals surface area contributed by atoms with Gasteiger partial charge in [-0.05, 0) is 61.4 Å². The first-order chi connectivity index (χ1) is 16.5. The lowest BCUT2D eigenvalue weighted by molar-refractivity contribution is -0.127. The number of carbonyl (C=O) groups excluding carboxylic acids is 3. The predicted octanol–water partition coefficient (Wildman–Crippen LogP) is 5.63. The van der Waals surface area contributed by atoms with Crippen LogP contribution < -0.4 is 10.2 Å². The van der Waals surface area contributed by atoms with E-state index < -0.39 is 6.04 Å². The predicted molar refractivity (Wildman–Crippen MR) is 136 cm³/mol. The van der Waals surface area contributed by atoms with E-state index in [4.69, 9.17) is 0 Å². The van der Waals surface area contributed by atoms with Gasteiger partial charge >= 0.3 is 0 Å². The molecule has 3 aromatic rings. The summed E-state index contributed by atoms with van der Waals surface area (Å²) in [6.07, 6.45) is 4.23. The minimum absolute atomic E-state index is 0.108. The van der Waals surface area contributed by atoms with Crippen LogP contribution in [0.15, 0.2) is 66.0 Å². The molecule has 2 amide bonds. The summed E-state index contributed by atoms with van der Waals surface area (Å²) in [4.78, 5) is 42.8. The van der Waals surface area contributed by atoms with Crippen molar-refractivity contribution in [2.75, 3.05) is 4.90 Å². The third kappa shape index (κ3) is 5.28. The monoisotopic (exact) mass is 474 g/mol. The van der Waals surface area contributed by atoms with E-state index in [0.717, 1.165) is 41.7 Å². The molecule has 176 valence electrons. The van der Waals surface area contributed by atoms with Gasteiger partial charge in [0.15, 0.2) is 5.78 Å². The molecule has 1 aliphatic rings. The molecule has 1 N–H and O–H groups in total. The van der Waals surface area contributed by atoms with Crippen molar-refractivity contribution in [3.63, 3.8) is 0 Å². The number of ketones is 1. The lowest BCUT2D eigenvalue weighted by atomic mass is 9.96. The van der Waals surface area contributed by atoms with E-state index in [2.05, 4.69) is 5.32 Å². The maximum absolute atomic E-state index is 13.9. The number of anilines is 1. The Morgan fingerprint density at radius 3 is 2.38 bits per heavy atom. The molecule has 1 aliphatic carbocycles. The lowest BCUT2D eigenvalue weighted by Crippen LogP contribution is -2.47. The van der Waals surface area contributed by atoms with E-state index >= 15 is 0 Å². The van der Waals surface area contributed by atoms with E-state index in [-0.39, 0.29) is 30.1 Å². The molecular weight excluding hydrogens is 444 g/mol. The van der Waals surface area contributed by atoms with E-state index in [1.807, 2.05) is 48.7 Å². The smallest absolute Gasteiger partial charge is 0.248 e. The zero-order valence-corrected chi connectivity index (χ0v) is 20.4. The van der Waals surface area contributed by atoms with Gasteiger partial charge in [0, 0.05) is 16.5 Å². The molecule has 34 heavy (non-hydrogen) atoms. The number of aryl methyl sites for hydroxylation is 1. The molecule has 0 unspecified atom stereocenters. The topological polar surface area (TPSA) is 66.5 Å². The maximum Gasteiger partial charge on any atom is 0.248 e. The van der Waals surface area contributed by atoms with Crippen molar-refractivity contribution in [3.05, 3.63) is 87.6 Å². The normalized spacial score (nSPS) is 14.5. The summed E-state index contributed by atoms with van der Waals surface area (Å²) < 4.78 is 0. The number of nitrogens with zero attached hydrogens (tertiary/aromatic N) is 1. The quantitative estimate of drug-likeness (QED) is 0.430. The molecule has 0 bridgehead atoms. The zero-order chi connectivity index (χ0) is 24.1. The Bertz CT molecular complexity index is 1170. The van der Waals surface area contributed by atoms with Crippen LogP contribution in [0.1, 0.15) is 65.0 Å². The van der Waals surface area contributed by atoms with Crippen molar-refractivity contribution in [2.45, 2.75) is 58.0 Å². The summed E-state index contributed by atoms with van der Waals surface area (Å²) in [6, 6.07) is 17.8. The van der Waals surface area contributed by atoms with Gasteiger partial charge in [0.25, 0.3) is 0 Å². The number of rotatable bonds is 8. The average Bonchev–Trinajstić information content (AvgIpc) is 3.52. The summed E-state index contributed by atoms with van der Waals surface area (Å²) in [5, 5.41) is 5.13. The highest BCUT2D eigenvalue weighted by Gasteiger charge is 2.36. The Hall–Kier alpha value is -3.25. The fourth-order valence-corrected chi connectivity index (χ4v) is 5.38. The van der Waals surface area contributed by atoms with E-state index in [9.17, 15) is 14.4 Å². The van der Waals surface area contributed by atoms with Gasteiger partial charge in [-0.2, -0.15) is 0 Å². The molecule has 1 heterocycles. The Kier molecular flexibility index (Phi) is 7.58. The van der Waals surface area contributed by atoms with Crippen LogP contribution >= 0.6 is 11.3 Å². The first-order valence-corrected chi connectivity index (χ1v) is 12.6. The second-order valence-corrected chi connectivity index (χ2v) is 9.87. The highest BCUT2D eigenvalue weighted by Crippen LogP contribution is 2.34. The van der Waals surface area contributed by atoms with Crippen molar-refractivity contribution < 1.29 is 14.4 Å². The van der Waals surface area contributed by atoms with Crippen molar-refractivity contribution in [2.24, 2.45) is 0 Å². The van der Waals surface area contributed by atoms with Crippen LogP contribution in [-0.4, -0.2) is 23.6 Å². The van der Waals surface area contributed by atoms with Gasteiger partial charge in [-0.3, -0.25) is 19.3 Å². The number of thiophene rings is 1. The Balaban J connectivity index is 1.84. The standard InChI is InChI=1S/C28H30N2O3S/c1-19-10-3-6-14-23(19)27(28(33)29-21-11-4-5-12-21)30(26(32)18-22-13-9-17-34-22)25-16-8-7-15-24(25)20(2)31/h3,6-10,13-17,21,27H,4-5,11-12,18H2,1-2H3,(H,29,33)/t27-/m1/s1. The first kappa shape index (κ1) is 23.9. The molecule has 1 saturated carbocycles. The zero-order valence-electron chi connectivity index (χ0n) is 19.6. The third-order valence-corrected chi connectivity index (χ3v) is 7.28. The second kappa shape index (κ2) is 10.8. The number of hydrogen-bond donors (Lipinski definition) is 1. The molecule has 2 aromatic carbocycles. The number of Topliss-reactive ketones (excluding diaryl/α,β-unsaturated/α-hetero) is 1. The van der Waals surface area contributed by atoms with E-state index in [1.54, 1.807) is 29.2 Å². The summed E-state index contributed by atoms with van der Waals surface area (Å²) in [5.74, 6) is -0.575. The van der Waals surface area contributed by atoms with Crippen molar-refractivity contribution in [1.82, 2.24) is 5.32 Å². The largest absolute Gasteiger partial charge is 0.351 e. The number of benzene rings is 2. The highest BCUT2D eigenvalue weighted by atomic mass is 32.1. The fourth-order valence-electron chi connectivity index (χ4n) is 4.69. The second-order valence-electron chi connectivity index (χ2n) is 8.84. The van der Waals surface area contributed by atoms with Crippen LogP contribution in [0, 0.1) is 6.92 Å². The highest BCUT2D eigenvalue weighted by molar-refractivity contribution is 7.10. The maximum atomic E-state index is 13.9. The number of hydrogen-bond acceptors (Lipinski definition) is 4. The first-order valence-electron chi connectivity index (χ1n) is 11.8. The third-order valence-electron chi connectivity index (χ3n) is 6.41. The van der Waals surface area contributed by atoms with Gasteiger partial charge in [0.05, 0.1) is 12.1 Å². The van der Waals surface area contributed by atoms with Crippen LogP contribution in [-0.2, 0) is 16.0 Å². The van der Waals surface area contributed by atoms with E-state index in [1.165, 1.54) is 18.3 Å². The molecular formula is C28H30N2O3S. The molecule has 5 nitrogen and oxygen atoms in total. The molecule has 1 aromatic heterocycles. The Labute approximate surface area is 204 Å². The van der Waals surface area contributed by atoms with Crippen LogP contribution in [0.5, 0.6) is 0 Å². The molecule has 6 heteroatoms. The lowest BCUT2D eigenvalue weighted by Gasteiger charge is -2.34. The number of carbonyl (C=O) groups is 3. The molecule has 0 aliphatic heterocycles. The number of para-hydroxylation sites is 1. The Morgan fingerprint density at radius 2 is 1.71 bits per heavy atom. The minimum Gasteiger partial charge on any atom is -0.351 e. The van der Waals surface area contributed by atoms with Gasteiger partial charge in [-0.15, -0.1) is 11.3 Å². The average molecular weight is 475 g/mol. The van der Waals surface area contributed by atoms with Crippen molar-refractivity contribution in [1.29, 1.82) is 0 Å². The molecule has 0 saturated heterocycles. The number of nitrogens with one attached hydrogen (secondary N) is 1. The van der Waals surface area contributed by atoms with Crippen molar-refractivity contribution >= 4 is 34.6 Å². The fraction of sp³-hybridized carbons (Fsp3) is 0.321. The van der Waals surface area contributed by atoms with Gasteiger partial charge in [0.1, 0.15) is 6.04 Å². The number of amides is 2. The molecule has 1 atom stereocenters. The van der Waals surface area contributed by atoms with Gasteiger partial charge in [-0.25, -0.2) is 0 Å². The summed E-state index contributed by atoms with van der Waals surface area (Å²) in [7, 11) is 0. The van der Waals surface area contributed by atoms with Gasteiger partial charge in [0.2, 0.25) is 11.8 Å². The van der Waals surface area contributed by atoms with E-state index in [0.29, 0.717) is 11.3 Å². The van der Waals surface area contributed by atoms with Crippen molar-refractivity contribution in [3.8, 4) is 0 Å². The van der Waals surface area contributed by atoms with Gasteiger partial charge in [-0.1, -0.05) is 55.3 Å². The summed E-state index contributed by atoms with van der Waals surface area (Å²) in [6.45, 7) is 3.44. The summed E-state index contributed by atoms with van der Waals surface area (Å²) in [5.41, 5.74) is 2.57. The van der Waals surface area contributed by atoms with Crippen LogP contribution in [0.4, 0.5) is 5.69 Å². The van der Waals surface area contributed by atoms with Gasteiger partial charge < -0.3 is 5.32 Å². The SMILES string of the molecule is CC(=O)c1ccccc1N(C(=O)Cc1cccs1)[C@@H](C(=O)NC1CCCC1)c1ccccc1C.